The standard InChI is InChI=1S/C22H21NO3S/c1-15-8-11-18(12-9-15)27(25,26)23-14-20-19(13-10-16(2)22(20)24)21(23)17-6-4-3-5-7-17/h3-13,21,24H,14H2,1-2H3. The molecular formula is C22H21NO3S. The maximum atomic E-state index is 13.4. The zero-order chi connectivity index (χ0) is 19.2. The minimum Gasteiger partial charge on any atom is -0.507 e. The van der Waals surface area contributed by atoms with Crippen molar-refractivity contribution in [3.05, 3.63) is 94.5 Å². The van der Waals surface area contributed by atoms with Gasteiger partial charge < -0.3 is 5.11 Å². The normalized spacial score (nSPS) is 17.0. The highest BCUT2D eigenvalue weighted by atomic mass is 32.2. The lowest BCUT2D eigenvalue weighted by molar-refractivity contribution is 0.383. The van der Waals surface area contributed by atoms with Gasteiger partial charge in [0, 0.05) is 12.1 Å². The number of fused-ring (bicyclic) bond motifs is 1. The molecule has 4 nitrogen and oxygen atoms in total. The largest absolute Gasteiger partial charge is 0.507 e. The van der Waals surface area contributed by atoms with Crippen LogP contribution >= 0.6 is 0 Å². The molecule has 0 spiro atoms. The highest BCUT2D eigenvalue weighted by Gasteiger charge is 2.41. The molecule has 0 fully saturated rings. The lowest BCUT2D eigenvalue weighted by atomic mass is 9.96. The number of benzene rings is 3. The van der Waals surface area contributed by atoms with Gasteiger partial charge in [-0.15, -0.1) is 0 Å². The third-order valence-electron chi connectivity index (χ3n) is 5.16. The van der Waals surface area contributed by atoms with Gasteiger partial charge in [-0.2, -0.15) is 4.31 Å². The van der Waals surface area contributed by atoms with Crippen LogP contribution in [0, 0.1) is 13.8 Å². The van der Waals surface area contributed by atoms with E-state index in [2.05, 4.69) is 0 Å². The van der Waals surface area contributed by atoms with E-state index in [-0.39, 0.29) is 17.2 Å². The van der Waals surface area contributed by atoms with E-state index in [9.17, 15) is 13.5 Å². The second kappa shape index (κ2) is 6.51. The molecular weight excluding hydrogens is 358 g/mol. The van der Waals surface area contributed by atoms with Crippen molar-refractivity contribution in [2.24, 2.45) is 0 Å². The summed E-state index contributed by atoms with van der Waals surface area (Å²) in [6.07, 6.45) is 0. The van der Waals surface area contributed by atoms with Gasteiger partial charge in [0.1, 0.15) is 5.75 Å². The number of phenolic OH excluding ortho intramolecular Hbond substituents is 1. The average Bonchev–Trinajstić information content (AvgIpc) is 3.07. The van der Waals surface area contributed by atoms with Crippen LogP contribution in [0.5, 0.6) is 5.75 Å². The summed E-state index contributed by atoms with van der Waals surface area (Å²) in [6.45, 7) is 3.90. The Morgan fingerprint density at radius 2 is 1.59 bits per heavy atom. The summed E-state index contributed by atoms with van der Waals surface area (Å²) in [5, 5.41) is 10.6. The molecule has 3 aromatic rings. The number of aryl methyl sites for hydroxylation is 2. The van der Waals surface area contributed by atoms with Crippen LogP contribution in [-0.2, 0) is 16.6 Å². The molecule has 1 aliphatic rings. The third-order valence-corrected chi connectivity index (χ3v) is 6.99. The predicted molar refractivity (Wildman–Crippen MR) is 105 cm³/mol. The molecule has 0 bridgehead atoms. The predicted octanol–water partition coefficient (Wildman–Crippen LogP) is 4.30. The van der Waals surface area contributed by atoms with Crippen molar-refractivity contribution in [2.75, 3.05) is 0 Å². The Morgan fingerprint density at radius 1 is 0.926 bits per heavy atom. The Balaban J connectivity index is 1.89. The fourth-order valence-electron chi connectivity index (χ4n) is 3.64. The van der Waals surface area contributed by atoms with Crippen LogP contribution in [0.4, 0.5) is 0 Å². The SMILES string of the molecule is Cc1ccc(S(=O)(=O)N2Cc3c(ccc(C)c3O)C2c2ccccc2)cc1. The molecule has 0 amide bonds. The number of nitrogens with zero attached hydrogens (tertiary/aromatic N) is 1. The van der Waals surface area contributed by atoms with Gasteiger partial charge in [-0.1, -0.05) is 60.2 Å². The molecule has 1 heterocycles. The average molecular weight is 379 g/mol. The van der Waals surface area contributed by atoms with Crippen LogP contribution in [0.3, 0.4) is 0 Å². The molecule has 3 aromatic carbocycles. The number of aromatic hydroxyl groups is 1. The van der Waals surface area contributed by atoms with E-state index in [0.29, 0.717) is 5.56 Å². The van der Waals surface area contributed by atoms with E-state index in [1.54, 1.807) is 24.3 Å². The van der Waals surface area contributed by atoms with Crippen LogP contribution in [0.1, 0.15) is 33.9 Å². The summed E-state index contributed by atoms with van der Waals surface area (Å²) in [5.74, 6) is 0.176. The fourth-order valence-corrected chi connectivity index (χ4v) is 5.21. The summed E-state index contributed by atoms with van der Waals surface area (Å²) < 4.78 is 28.4. The van der Waals surface area contributed by atoms with E-state index >= 15 is 0 Å². The molecule has 5 heteroatoms. The summed E-state index contributed by atoms with van der Waals surface area (Å²) in [7, 11) is -3.73. The number of sulfonamides is 1. The summed E-state index contributed by atoms with van der Waals surface area (Å²) in [5.41, 5.74) is 4.15. The van der Waals surface area contributed by atoms with Crippen LogP contribution in [0.2, 0.25) is 0 Å². The third kappa shape index (κ3) is 2.93. The van der Waals surface area contributed by atoms with Crippen molar-refractivity contribution in [3.63, 3.8) is 0 Å². The summed E-state index contributed by atoms with van der Waals surface area (Å²) in [4.78, 5) is 0.262. The first kappa shape index (κ1) is 17.8. The van der Waals surface area contributed by atoms with Crippen LogP contribution in [-0.4, -0.2) is 17.8 Å². The van der Waals surface area contributed by atoms with Crippen molar-refractivity contribution in [2.45, 2.75) is 31.3 Å². The molecule has 0 saturated heterocycles. The number of hydrogen-bond acceptors (Lipinski definition) is 3. The van der Waals surface area contributed by atoms with Crippen LogP contribution < -0.4 is 0 Å². The molecule has 1 aliphatic heterocycles. The van der Waals surface area contributed by atoms with Crippen molar-refractivity contribution in [1.29, 1.82) is 0 Å². The first-order valence-electron chi connectivity index (χ1n) is 8.84. The van der Waals surface area contributed by atoms with Gasteiger partial charge in [0.05, 0.1) is 10.9 Å². The van der Waals surface area contributed by atoms with Gasteiger partial charge in [-0.3, -0.25) is 0 Å². The van der Waals surface area contributed by atoms with Gasteiger partial charge >= 0.3 is 0 Å². The highest BCUT2D eigenvalue weighted by Crippen LogP contribution is 2.45. The molecule has 4 rings (SSSR count). The highest BCUT2D eigenvalue weighted by molar-refractivity contribution is 7.89. The van der Waals surface area contributed by atoms with E-state index in [4.69, 9.17) is 0 Å². The van der Waals surface area contributed by atoms with E-state index in [0.717, 1.165) is 22.3 Å². The molecule has 0 aromatic heterocycles. The molecule has 1 atom stereocenters. The van der Waals surface area contributed by atoms with Gasteiger partial charge in [-0.25, -0.2) is 8.42 Å². The van der Waals surface area contributed by atoms with Gasteiger partial charge in [0.25, 0.3) is 0 Å². The lowest BCUT2D eigenvalue weighted by Gasteiger charge is -2.25. The first-order chi connectivity index (χ1) is 12.9. The maximum absolute atomic E-state index is 13.4. The van der Waals surface area contributed by atoms with Gasteiger partial charge in [0.2, 0.25) is 10.0 Å². The van der Waals surface area contributed by atoms with Crippen molar-refractivity contribution >= 4 is 10.0 Å². The molecule has 138 valence electrons. The van der Waals surface area contributed by atoms with Crippen molar-refractivity contribution in [3.8, 4) is 5.75 Å². The second-order valence-electron chi connectivity index (χ2n) is 6.98. The molecule has 0 radical (unpaired) electrons. The zero-order valence-electron chi connectivity index (χ0n) is 15.3. The van der Waals surface area contributed by atoms with E-state index in [1.165, 1.54) is 4.31 Å². The fraction of sp³-hybridized carbons (Fsp3) is 0.182. The Bertz CT molecular complexity index is 1090. The first-order valence-corrected chi connectivity index (χ1v) is 10.3. The van der Waals surface area contributed by atoms with Gasteiger partial charge in [-0.05, 0) is 42.7 Å². The summed E-state index contributed by atoms with van der Waals surface area (Å²) in [6, 6.07) is 19.7. The molecule has 1 N–H and O–H groups in total. The summed E-state index contributed by atoms with van der Waals surface area (Å²) >= 11 is 0. The Kier molecular flexibility index (Phi) is 4.29. The zero-order valence-corrected chi connectivity index (χ0v) is 16.1. The second-order valence-corrected chi connectivity index (χ2v) is 8.87. The Hall–Kier alpha value is -2.63. The van der Waals surface area contributed by atoms with E-state index < -0.39 is 16.1 Å². The Morgan fingerprint density at radius 3 is 2.26 bits per heavy atom. The van der Waals surface area contributed by atoms with Crippen LogP contribution in [0.15, 0.2) is 71.6 Å². The molecule has 0 saturated carbocycles. The molecule has 1 unspecified atom stereocenters. The lowest BCUT2D eigenvalue weighted by Crippen LogP contribution is -2.30. The van der Waals surface area contributed by atoms with Crippen LogP contribution in [0.25, 0.3) is 0 Å². The van der Waals surface area contributed by atoms with Crippen molar-refractivity contribution in [1.82, 2.24) is 4.31 Å². The monoisotopic (exact) mass is 379 g/mol. The molecule has 27 heavy (non-hydrogen) atoms. The maximum Gasteiger partial charge on any atom is 0.244 e. The smallest absolute Gasteiger partial charge is 0.244 e. The topological polar surface area (TPSA) is 57.6 Å². The minimum absolute atomic E-state index is 0.151. The molecule has 0 aliphatic carbocycles. The number of phenols is 1. The van der Waals surface area contributed by atoms with Gasteiger partial charge in [0.15, 0.2) is 0 Å². The number of hydrogen-bond donors (Lipinski definition) is 1. The van der Waals surface area contributed by atoms with Crippen molar-refractivity contribution < 1.29 is 13.5 Å². The Labute approximate surface area is 159 Å². The van der Waals surface area contributed by atoms with E-state index in [1.807, 2.05) is 56.3 Å². The number of rotatable bonds is 3. The quantitative estimate of drug-likeness (QED) is 0.738. The minimum atomic E-state index is -3.73.